The van der Waals surface area contributed by atoms with Crippen LogP contribution in [0.15, 0.2) is 12.7 Å². The first kappa shape index (κ1) is 17.6. The lowest BCUT2D eigenvalue weighted by Gasteiger charge is -2.42. The van der Waals surface area contributed by atoms with Crippen LogP contribution >= 0.6 is 0 Å². The molecule has 1 aliphatic heterocycles. The third-order valence-corrected chi connectivity index (χ3v) is 2.89. The molecule has 3 nitrogen and oxygen atoms in total. The molecule has 0 spiro atoms. The largest absolute Gasteiger partial charge is 0.380 e. The van der Waals surface area contributed by atoms with Crippen molar-refractivity contribution in [3.05, 3.63) is 12.7 Å². The van der Waals surface area contributed by atoms with Gasteiger partial charge in [0.05, 0.1) is 13.2 Å². The van der Waals surface area contributed by atoms with E-state index in [1.54, 1.807) is 0 Å². The predicted molar refractivity (Wildman–Crippen MR) is 80.0 cm³/mol. The third kappa shape index (κ3) is 7.85. The van der Waals surface area contributed by atoms with Crippen molar-refractivity contribution < 1.29 is 4.74 Å². The number of allylic oxidation sites excluding steroid dienone is 1. The molecule has 0 amide bonds. The average molecular weight is 256 g/mol. The SMILES string of the molecule is C=CCC(C)C.CNCC1(CNC(C)C)COC1. The summed E-state index contributed by atoms with van der Waals surface area (Å²) in [6, 6.07) is 0.569. The van der Waals surface area contributed by atoms with E-state index in [9.17, 15) is 0 Å². The zero-order valence-corrected chi connectivity index (χ0v) is 12.9. The molecule has 0 aromatic carbocycles. The van der Waals surface area contributed by atoms with Crippen LogP contribution in [0, 0.1) is 11.3 Å². The van der Waals surface area contributed by atoms with Crippen LogP contribution in [0.4, 0.5) is 0 Å². The van der Waals surface area contributed by atoms with E-state index in [1.807, 2.05) is 13.1 Å². The van der Waals surface area contributed by atoms with E-state index < -0.39 is 0 Å². The molecule has 108 valence electrons. The Labute approximate surface area is 113 Å². The maximum Gasteiger partial charge on any atom is 0.0569 e. The number of hydrogen-bond acceptors (Lipinski definition) is 3. The van der Waals surface area contributed by atoms with Crippen molar-refractivity contribution in [2.24, 2.45) is 11.3 Å². The van der Waals surface area contributed by atoms with Gasteiger partial charge in [0.2, 0.25) is 0 Å². The first-order valence-electron chi connectivity index (χ1n) is 7.02. The summed E-state index contributed by atoms with van der Waals surface area (Å²) in [5, 5.41) is 6.67. The van der Waals surface area contributed by atoms with E-state index >= 15 is 0 Å². The molecule has 0 unspecified atom stereocenters. The molecule has 0 aromatic rings. The van der Waals surface area contributed by atoms with Gasteiger partial charge in [-0.2, -0.15) is 0 Å². The smallest absolute Gasteiger partial charge is 0.0569 e. The van der Waals surface area contributed by atoms with E-state index in [0.717, 1.165) is 38.6 Å². The lowest BCUT2D eigenvalue weighted by molar-refractivity contribution is -0.109. The van der Waals surface area contributed by atoms with E-state index in [4.69, 9.17) is 4.74 Å². The van der Waals surface area contributed by atoms with Crippen LogP contribution in [0.2, 0.25) is 0 Å². The van der Waals surface area contributed by atoms with Crippen molar-refractivity contribution in [1.82, 2.24) is 10.6 Å². The van der Waals surface area contributed by atoms with Gasteiger partial charge in [-0.1, -0.05) is 33.8 Å². The maximum atomic E-state index is 5.24. The summed E-state index contributed by atoms with van der Waals surface area (Å²) < 4.78 is 5.24. The Bertz CT molecular complexity index is 211. The van der Waals surface area contributed by atoms with E-state index in [1.165, 1.54) is 0 Å². The Kier molecular flexibility index (Phi) is 9.34. The molecule has 0 aliphatic carbocycles. The van der Waals surface area contributed by atoms with Crippen LogP contribution in [-0.2, 0) is 4.74 Å². The highest BCUT2D eigenvalue weighted by Gasteiger charge is 2.37. The van der Waals surface area contributed by atoms with Crippen molar-refractivity contribution in [3.63, 3.8) is 0 Å². The summed E-state index contributed by atoms with van der Waals surface area (Å²) in [6.07, 6.45) is 3.09. The Morgan fingerprint density at radius 1 is 1.22 bits per heavy atom. The summed E-state index contributed by atoms with van der Waals surface area (Å²) in [4.78, 5) is 0. The monoisotopic (exact) mass is 256 g/mol. The molecule has 18 heavy (non-hydrogen) atoms. The molecule has 0 atom stereocenters. The van der Waals surface area contributed by atoms with Gasteiger partial charge in [0, 0.05) is 24.5 Å². The molecule has 0 radical (unpaired) electrons. The number of ether oxygens (including phenoxy) is 1. The van der Waals surface area contributed by atoms with Gasteiger partial charge in [-0.05, 0) is 19.4 Å². The number of rotatable bonds is 7. The van der Waals surface area contributed by atoms with Gasteiger partial charge in [-0.25, -0.2) is 0 Å². The quantitative estimate of drug-likeness (QED) is 0.686. The summed E-state index contributed by atoms with van der Waals surface area (Å²) in [5.74, 6) is 0.780. The van der Waals surface area contributed by atoms with Crippen LogP contribution < -0.4 is 10.6 Å². The van der Waals surface area contributed by atoms with Crippen LogP contribution in [0.3, 0.4) is 0 Å². The first-order valence-corrected chi connectivity index (χ1v) is 7.02. The molecule has 2 N–H and O–H groups in total. The Balaban J connectivity index is 0.000000411. The standard InChI is InChI=1S/C9H20N2O.C6H12/c1-8(2)11-5-9(4-10-3)6-12-7-9;1-4-5-6(2)3/h8,10-11H,4-7H2,1-3H3;4,6H,1,5H2,2-3H3. The van der Waals surface area contributed by atoms with Gasteiger partial charge in [0.25, 0.3) is 0 Å². The second-order valence-corrected chi connectivity index (χ2v) is 5.98. The van der Waals surface area contributed by atoms with Crippen LogP contribution in [0.25, 0.3) is 0 Å². The summed E-state index contributed by atoms with van der Waals surface area (Å²) in [5.41, 5.74) is 0.360. The highest BCUT2D eigenvalue weighted by molar-refractivity contribution is 4.89. The fraction of sp³-hybridized carbons (Fsp3) is 0.867. The Morgan fingerprint density at radius 2 is 1.83 bits per heavy atom. The van der Waals surface area contributed by atoms with Crippen molar-refractivity contribution >= 4 is 0 Å². The van der Waals surface area contributed by atoms with Crippen molar-refractivity contribution in [3.8, 4) is 0 Å². The molecule has 1 aliphatic rings. The molecule has 0 saturated carbocycles. The maximum absolute atomic E-state index is 5.24. The van der Waals surface area contributed by atoms with Gasteiger partial charge in [0.1, 0.15) is 0 Å². The predicted octanol–water partition coefficient (Wildman–Crippen LogP) is 2.44. The van der Waals surface area contributed by atoms with Crippen molar-refractivity contribution in [2.75, 3.05) is 33.4 Å². The molecule has 0 aromatic heterocycles. The second kappa shape index (κ2) is 9.54. The fourth-order valence-electron chi connectivity index (χ4n) is 1.79. The van der Waals surface area contributed by atoms with Gasteiger partial charge in [-0.3, -0.25) is 0 Å². The highest BCUT2D eigenvalue weighted by atomic mass is 16.5. The summed E-state index contributed by atoms with van der Waals surface area (Å²) >= 11 is 0. The van der Waals surface area contributed by atoms with Gasteiger partial charge >= 0.3 is 0 Å². The van der Waals surface area contributed by atoms with Crippen LogP contribution in [-0.4, -0.2) is 39.4 Å². The molecule has 1 saturated heterocycles. The fourth-order valence-corrected chi connectivity index (χ4v) is 1.79. The van der Waals surface area contributed by atoms with E-state index in [0.29, 0.717) is 11.5 Å². The first-order chi connectivity index (χ1) is 8.45. The summed E-state index contributed by atoms with van der Waals surface area (Å²) in [6.45, 7) is 16.2. The van der Waals surface area contributed by atoms with Gasteiger partial charge in [-0.15, -0.1) is 6.58 Å². The molecule has 1 heterocycles. The zero-order valence-electron chi connectivity index (χ0n) is 12.9. The van der Waals surface area contributed by atoms with Crippen molar-refractivity contribution in [1.29, 1.82) is 0 Å². The highest BCUT2D eigenvalue weighted by Crippen LogP contribution is 2.25. The minimum absolute atomic E-state index is 0.360. The molecule has 0 bridgehead atoms. The summed E-state index contributed by atoms with van der Waals surface area (Å²) in [7, 11) is 2.00. The van der Waals surface area contributed by atoms with Gasteiger partial charge < -0.3 is 15.4 Å². The van der Waals surface area contributed by atoms with E-state index in [2.05, 4.69) is 44.9 Å². The minimum Gasteiger partial charge on any atom is -0.380 e. The average Bonchev–Trinajstić information content (AvgIpc) is 2.22. The molecule has 1 rings (SSSR count). The van der Waals surface area contributed by atoms with Crippen LogP contribution in [0.1, 0.15) is 34.1 Å². The second-order valence-electron chi connectivity index (χ2n) is 5.98. The van der Waals surface area contributed by atoms with Crippen LogP contribution in [0.5, 0.6) is 0 Å². The molecule has 1 fully saturated rings. The normalized spacial score (nSPS) is 17.1. The molecule has 3 heteroatoms. The topological polar surface area (TPSA) is 33.3 Å². The van der Waals surface area contributed by atoms with Gasteiger partial charge in [0.15, 0.2) is 0 Å². The Morgan fingerprint density at radius 3 is 2.06 bits per heavy atom. The molecular weight excluding hydrogens is 224 g/mol. The lowest BCUT2D eigenvalue weighted by atomic mass is 9.85. The lowest BCUT2D eigenvalue weighted by Crippen LogP contribution is -2.55. The number of nitrogens with one attached hydrogen (secondary N) is 2. The Hall–Kier alpha value is -0.380. The number of hydrogen-bond donors (Lipinski definition) is 2. The third-order valence-electron chi connectivity index (χ3n) is 2.89. The molecular formula is C15H32N2O. The minimum atomic E-state index is 0.360. The van der Waals surface area contributed by atoms with E-state index in [-0.39, 0.29) is 0 Å². The zero-order chi connectivity index (χ0) is 14.0. The van der Waals surface area contributed by atoms with Crippen molar-refractivity contribution in [2.45, 2.75) is 40.2 Å².